The summed E-state index contributed by atoms with van der Waals surface area (Å²) in [5.41, 5.74) is 2.82. The van der Waals surface area contributed by atoms with Gasteiger partial charge in [0.05, 0.1) is 12.7 Å². The lowest BCUT2D eigenvalue weighted by Gasteiger charge is -2.06. The van der Waals surface area contributed by atoms with Crippen molar-refractivity contribution in [2.24, 2.45) is 0 Å². The number of esters is 1. The van der Waals surface area contributed by atoms with E-state index in [9.17, 15) is 4.79 Å². The fraction of sp³-hybridized carbons (Fsp3) is 0.214. The number of benzene rings is 1. The second kappa shape index (κ2) is 5.40. The van der Waals surface area contributed by atoms with E-state index < -0.39 is 0 Å². The summed E-state index contributed by atoms with van der Waals surface area (Å²) >= 11 is 3.41. The molecule has 1 aromatic carbocycles. The Balaban J connectivity index is 2.21. The Kier molecular flexibility index (Phi) is 3.87. The summed E-state index contributed by atoms with van der Waals surface area (Å²) in [6.45, 7) is 2.72. The molecule has 0 saturated carbocycles. The van der Waals surface area contributed by atoms with Crippen LogP contribution in [0.2, 0.25) is 0 Å². The third kappa shape index (κ3) is 2.82. The molecular weight excluding hydrogens is 294 g/mol. The van der Waals surface area contributed by atoms with Gasteiger partial charge in [0.25, 0.3) is 0 Å². The molecule has 0 unspecified atom stereocenters. The maximum atomic E-state index is 11.4. The van der Waals surface area contributed by atoms with E-state index in [-0.39, 0.29) is 5.97 Å². The molecule has 0 saturated heterocycles. The first-order chi connectivity index (χ1) is 8.60. The van der Waals surface area contributed by atoms with Gasteiger partial charge in [0, 0.05) is 22.9 Å². The van der Waals surface area contributed by atoms with E-state index in [0.717, 1.165) is 16.7 Å². The highest BCUT2D eigenvalue weighted by Crippen LogP contribution is 2.14. The van der Waals surface area contributed by atoms with Crippen LogP contribution in [0, 0.1) is 6.92 Å². The predicted molar refractivity (Wildman–Crippen MR) is 73.8 cm³/mol. The van der Waals surface area contributed by atoms with Crippen molar-refractivity contribution in [3.05, 3.63) is 57.8 Å². The summed E-state index contributed by atoms with van der Waals surface area (Å²) in [5, 5.41) is 0. The Morgan fingerprint density at radius 1 is 1.33 bits per heavy atom. The number of hydrogen-bond acceptors (Lipinski definition) is 2. The molecule has 0 spiro atoms. The van der Waals surface area contributed by atoms with Gasteiger partial charge >= 0.3 is 5.97 Å². The SMILES string of the molecule is COC(=O)c1cc(C)n(Cc2ccc(Br)cc2)c1. The number of aryl methyl sites for hydroxylation is 1. The van der Waals surface area contributed by atoms with Crippen molar-refractivity contribution in [2.75, 3.05) is 7.11 Å². The van der Waals surface area contributed by atoms with Crippen LogP contribution in [0.5, 0.6) is 0 Å². The Morgan fingerprint density at radius 2 is 2.00 bits per heavy atom. The smallest absolute Gasteiger partial charge is 0.339 e. The summed E-state index contributed by atoms with van der Waals surface area (Å²) in [7, 11) is 1.39. The topological polar surface area (TPSA) is 31.2 Å². The maximum absolute atomic E-state index is 11.4. The number of aromatic nitrogens is 1. The standard InChI is InChI=1S/C14H14BrNO2/c1-10-7-12(14(17)18-2)9-16(10)8-11-3-5-13(15)6-4-11/h3-7,9H,8H2,1-2H3. The van der Waals surface area contributed by atoms with Crippen LogP contribution in [0.3, 0.4) is 0 Å². The summed E-state index contributed by atoms with van der Waals surface area (Å²) in [6, 6.07) is 9.97. The van der Waals surface area contributed by atoms with Crippen molar-refractivity contribution in [1.29, 1.82) is 0 Å². The Bertz CT molecular complexity index is 558. The number of nitrogens with zero attached hydrogens (tertiary/aromatic N) is 1. The third-order valence-corrected chi connectivity index (χ3v) is 3.33. The van der Waals surface area contributed by atoms with Crippen LogP contribution in [-0.4, -0.2) is 17.6 Å². The predicted octanol–water partition coefficient (Wildman–Crippen LogP) is 3.39. The van der Waals surface area contributed by atoms with Crippen LogP contribution >= 0.6 is 15.9 Å². The van der Waals surface area contributed by atoms with Gasteiger partial charge in [-0.2, -0.15) is 0 Å². The minimum Gasteiger partial charge on any atom is -0.465 e. The fourth-order valence-corrected chi connectivity index (χ4v) is 2.07. The first-order valence-corrected chi connectivity index (χ1v) is 6.39. The summed E-state index contributed by atoms with van der Waals surface area (Å²) < 4.78 is 7.81. The molecule has 0 aliphatic heterocycles. The molecule has 0 aliphatic rings. The second-order valence-electron chi connectivity index (χ2n) is 4.12. The van der Waals surface area contributed by atoms with Crippen molar-refractivity contribution in [1.82, 2.24) is 4.57 Å². The van der Waals surface area contributed by atoms with Crippen molar-refractivity contribution >= 4 is 21.9 Å². The molecule has 18 heavy (non-hydrogen) atoms. The van der Waals surface area contributed by atoms with Gasteiger partial charge in [-0.25, -0.2) is 4.79 Å². The normalized spacial score (nSPS) is 10.4. The summed E-state index contributed by atoms with van der Waals surface area (Å²) in [6.07, 6.45) is 1.82. The highest BCUT2D eigenvalue weighted by molar-refractivity contribution is 9.10. The van der Waals surface area contributed by atoms with Crippen molar-refractivity contribution in [3.63, 3.8) is 0 Å². The van der Waals surface area contributed by atoms with Gasteiger partial charge in [-0.1, -0.05) is 28.1 Å². The second-order valence-corrected chi connectivity index (χ2v) is 5.03. The van der Waals surface area contributed by atoms with E-state index >= 15 is 0 Å². The van der Waals surface area contributed by atoms with Crippen LogP contribution < -0.4 is 0 Å². The zero-order valence-corrected chi connectivity index (χ0v) is 11.9. The molecular formula is C14H14BrNO2. The van der Waals surface area contributed by atoms with Crippen LogP contribution in [0.4, 0.5) is 0 Å². The Labute approximate surface area is 115 Å². The minimum atomic E-state index is -0.298. The summed E-state index contributed by atoms with van der Waals surface area (Å²) in [5.74, 6) is -0.298. The van der Waals surface area contributed by atoms with Gasteiger partial charge in [-0.3, -0.25) is 0 Å². The highest BCUT2D eigenvalue weighted by atomic mass is 79.9. The summed E-state index contributed by atoms with van der Waals surface area (Å²) in [4.78, 5) is 11.4. The molecule has 0 N–H and O–H groups in total. The van der Waals surface area contributed by atoms with Crippen molar-refractivity contribution < 1.29 is 9.53 Å². The van der Waals surface area contributed by atoms with Gasteiger partial charge in [-0.05, 0) is 30.7 Å². The van der Waals surface area contributed by atoms with E-state index in [1.165, 1.54) is 12.7 Å². The largest absolute Gasteiger partial charge is 0.465 e. The lowest BCUT2D eigenvalue weighted by Crippen LogP contribution is -2.01. The average molecular weight is 308 g/mol. The maximum Gasteiger partial charge on any atom is 0.339 e. The van der Waals surface area contributed by atoms with Gasteiger partial charge in [0.1, 0.15) is 0 Å². The Morgan fingerprint density at radius 3 is 2.61 bits per heavy atom. The molecule has 0 aliphatic carbocycles. The third-order valence-electron chi connectivity index (χ3n) is 2.80. The average Bonchev–Trinajstić information content (AvgIpc) is 2.73. The lowest BCUT2D eigenvalue weighted by atomic mass is 10.2. The molecule has 0 fully saturated rings. The fourth-order valence-electron chi connectivity index (χ4n) is 1.80. The van der Waals surface area contributed by atoms with Gasteiger partial charge < -0.3 is 9.30 Å². The minimum absolute atomic E-state index is 0.298. The van der Waals surface area contributed by atoms with Crippen LogP contribution in [0.1, 0.15) is 21.6 Å². The van der Waals surface area contributed by atoms with E-state index in [4.69, 9.17) is 4.74 Å². The lowest BCUT2D eigenvalue weighted by molar-refractivity contribution is 0.0600. The molecule has 2 aromatic rings. The molecule has 0 radical (unpaired) electrons. The van der Waals surface area contributed by atoms with Gasteiger partial charge in [0.15, 0.2) is 0 Å². The molecule has 4 heteroatoms. The van der Waals surface area contributed by atoms with Gasteiger partial charge in [-0.15, -0.1) is 0 Å². The highest BCUT2D eigenvalue weighted by Gasteiger charge is 2.10. The number of methoxy groups -OCH3 is 1. The van der Waals surface area contributed by atoms with Crippen LogP contribution in [-0.2, 0) is 11.3 Å². The zero-order chi connectivity index (χ0) is 13.1. The van der Waals surface area contributed by atoms with Crippen LogP contribution in [0.25, 0.3) is 0 Å². The molecule has 3 nitrogen and oxygen atoms in total. The number of rotatable bonds is 3. The number of ether oxygens (including phenoxy) is 1. The molecule has 0 amide bonds. The quantitative estimate of drug-likeness (QED) is 0.814. The van der Waals surface area contributed by atoms with Crippen molar-refractivity contribution in [2.45, 2.75) is 13.5 Å². The molecule has 1 aromatic heterocycles. The molecule has 0 bridgehead atoms. The van der Waals surface area contributed by atoms with Gasteiger partial charge in [0.2, 0.25) is 0 Å². The van der Waals surface area contributed by atoms with E-state index in [0.29, 0.717) is 5.56 Å². The zero-order valence-electron chi connectivity index (χ0n) is 10.3. The molecule has 94 valence electrons. The number of halogens is 1. The Hall–Kier alpha value is -1.55. The van der Waals surface area contributed by atoms with Crippen molar-refractivity contribution in [3.8, 4) is 0 Å². The number of carbonyl (C=O) groups is 1. The van der Waals surface area contributed by atoms with E-state index in [2.05, 4.69) is 28.1 Å². The number of hydrogen-bond donors (Lipinski definition) is 0. The number of carbonyl (C=O) groups excluding carboxylic acids is 1. The monoisotopic (exact) mass is 307 g/mol. The molecule has 1 heterocycles. The van der Waals surface area contributed by atoms with Crippen LogP contribution in [0.15, 0.2) is 41.0 Å². The van der Waals surface area contributed by atoms with E-state index in [1.807, 2.05) is 35.9 Å². The first kappa shape index (κ1) is 12.9. The van der Waals surface area contributed by atoms with E-state index in [1.54, 1.807) is 0 Å². The first-order valence-electron chi connectivity index (χ1n) is 5.59. The molecule has 2 rings (SSSR count). The molecule has 0 atom stereocenters.